The number of benzene rings is 3. The van der Waals surface area contributed by atoms with Crippen molar-refractivity contribution in [2.24, 2.45) is 23.7 Å². The Kier molecular flexibility index (Phi) is 8.85. The van der Waals surface area contributed by atoms with Crippen LogP contribution in [0.15, 0.2) is 95.7 Å². The molecule has 295 valence electrons. The summed E-state index contributed by atoms with van der Waals surface area (Å²) in [6, 6.07) is 28.1. The third-order valence-electron chi connectivity index (χ3n) is 10.9. The molecule has 4 aromatic heterocycles. The molecule has 2 fully saturated rings. The van der Waals surface area contributed by atoms with E-state index in [0.29, 0.717) is 56.3 Å². The van der Waals surface area contributed by atoms with E-state index in [-0.39, 0.29) is 54.3 Å². The Labute approximate surface area is 366 Å². The molecule has 0 aliphatic heterocycles. The molecule has 3 unspecified atom stereocenters. The van der Waals surface area contributed by atoms with E-state index in [2.05, 4.69) is 41.7 Å². The van der Waals surface area contributed by atoms with Gasteiger partial charge in [-0.3, -0.25) is 4.39 Å². The van der Waals surface area contributed by atoms with E-state index in [1.807, 2.05) is 56.3 Å². The zero-order chi connectivity index (χ0) is 47.7. The molecule has 0 amide bonds. The average molecular weight is 960 g/mol. The van der Waals surface area contributed by atoms with Gasteiger partial charge in [-0.1, -0.05) is 124 Å². The summed E-state index contributed by atoms with van der Waals surface area (Å²) in [5.74, 6) is 0.0714. The van der Waals surface area contributed by atoms with Crippen molar-refractivity contribution in [2.75, 3.05) is 0 Å². The van der Waals surface area contributed by atoms with Crippen LogP contribution in [0.3, 0.4) is 0 Å². The molecule has 2 saturated carbocycles. The quantitative estimate of drug-likeness (QED) is 0.112. The molecule has 4 nitrogen and oxygen atoms in total. The van der Waals surface area contributed by atoms with Gasteiger partial charge in [0.2, 0.25) is 5.71 Å². The van der Waals surface area contributed by atoms with Crippen LogP contribution in [0, 0.1) is 55.3 Å². The van der Waals surface area contributed by atoms with Crippen LogP contribution in [0.25, 0.3) is 55.8 Å². The summed E-state index contributed by atoms with van der Waals surface area (Å²) >= 11 is 0. The van der Waals surface area contributed by atoms with Crippen LogP contribution in [0.4, 0.5) is 4.39 Å². The number of hydrogen-bond acceptors (Lipinski definition) is 4. The molecule has 3 atom stereocenters. The fraction of sp³-hybridized carbons (Fsp3) is 0.340. The predicted molar refractivity (Wildman–Crippen MR) is 231 cm³/mol. The van der Waals surface area contributed by atoms with Gasteiger partial charge in [-0.05, 0) is 90.5 Å². The van der Waals surface area contributed by atoms with Gasteiger partial charge in [-0.15, -0.1) is 41.5 Å². The minimum atomic E-state index is -2.41. The number of aryl methyl sites for hydroxylation is 2. The first-order valence-electron chi connectivity index (χ1n) is 24.4. The molecule has 1 radical (unpaired) electrons. The number of fused-ring (bicyclic) bond motifs is 5. The largest absolute Gasteiger partial charge is 0.486 e. The molecular weight excluding hydrogens is 898 g/mol. The monoisotopic (exact) mass is 960 g/mol. The van der Waals surface area contributed by atoms with Gasteiger partial charge in [0.05, 0.1) is 19.4 Å². The predicted octanol–water partition coefficient (Wildman–Crippen LogP) is 12.5. The summed E-state index contributed by atoms with van der Waals surface area (Å²) in [6.45, 7) is 5.17. The summed E-state index contributed by atoms with van der Waals surface area (Å²) in [5, 5.41) is 1.97. The van der Waals surface area contributed by atoms with Crippen LogP contribution in [0.5, 0.6) is 0 Å². The van der Waals surface area contributed by atoms with E-state index in [1.54, 1.807) is 30.6 Å². The molecule has 0 N–H and O–H groups in total. The maximum Gasteiger partial charge on any atom is 0.216 e. The van der Waals surface area contributed by atoms with Crippen molar-refractivity contribution in [3.05, 3.63) is 131 Å². The van der Waals surface area contributed by atoms with Gasteiger partial charge < -0.3 is 14.4 Å². The fourth-order valence-electron chi connectivity index (χ4n) is 8.24. The second kappa shape index (κ2) is 16.9. The Bertz CT molecular complexity index is 2930. The number of halogens is 1. The Morgan fingerprint density at radius 3 is 2.42 bits per heavy atom. The third-order valence-corrected chi connectivity index (χ3v) is 12.9. The normalized spacial score (nSPS) is 21.1. The number of hydrogen-bond donors (Lipinski definition) is 0. The van der Waals surface area contributed by atoms with E-state index < -0.39 is 40.3 Å². The SMILES string of the molecule is [2H]C([2H])([2H])c1c[c-]c(-c2cc(C([2H])([2H])C(C)C)c([Si](C)(C)C)cn2)c(F)c1.[2H]C([2H])([2H])c1c[c-]c(-c2cc(C([2H])([2H])C3CC4CCC3C4)ccn2)c2oc3nc(-c4ccccc4)ccc3c12.[Ir]. The maximum absolute atomic E-state index is 14.6. The van der Waals surface area contributed by atoms with E-state index >= 15 is 0 Å². The van der Waals surface area contributed by atoms with Crippen molar-refractivity contribution < 1.29 is 42.6 Å². The Hall–Kier alpha value is -4.29. The molecule has 7 heteroatoms. The summed E-state index contributed by atoms with van der Waals surface area (Å²) in [5.41, 5.74) is 4.78. The molecule has 2 aliphatic rings. The van der Waals surface area contributed by atoms with E-state index in [4.69, 9.17) is 23.1 Å². The molecule has 0 spiro atoms. The molecule has 2 aliphatic carbocycles. The van der Waals surface area contributed by atoms with Crippen molar-refractivity contribution in [3.63, 3.8) is 0 Å². The number of pyridine rings is 3. The van der Waals surface area contributed by atoms with E-state index in [0.717, 1.165) is 41.8 Å². The first kappa shape index (κ1) is 29.9. The molecule has 7 aromatic rings. The molecule has 2 bridgehead atoms. The summed E-state index contributed by atoms with van der Waals surface area (Å²) in [4.78, 5) is 13.6. The zero-order valence-corrected chi connectivity index (χ0v) is 36.2. The molecule has 9 rings (SSSR count). The standard InChI is InChI=1S/C31H27N2O.C19H25FNSi.Ir/c1-19-7-10-25(28-18-21(13-14-32-28)17-24-16-20-8-9-23(24)15-20)30-29(19)26-11-12-27(33-31(26)34-30)22-5-3-2-4-6-22;1-13(2)9-15-11-18(21-12-19(15)22(4,5)6)16-8-7-14(3)10-17(16)20;/h2-7,11-14,18,20,23-24H,8-9,15-17H2,1H3;7,10-13H,9H2,1-6H3;/q2*-1;/i1D3,17D2;3D3,9D2;. The Balaban J connectivity index is 0.000000211. The van der Waals surface area contributed by atoms with Crippen molar-refractivity contribution in [1.29, 1.82) is 0 Å². The number of aromatic nitrogens is 3. The summed E-state index contributed by atoms with van der Waals surface area (Å²) in [7, 11) is -1.89. The van der Waals surface area contributed by atoms with Gasteiger partial charge in [0.15, 0.2) is 0 Å². The first-order valence-corrected chi connectivity index (χ1v) is 22.9. The molecule has 4 heterocycles. The average Bonchev–Trinajstić information content (AvgIpc) is 4.01. The van der Waals surface area contributed by atoms with Gasteiger partial charge >= 0.3 is 0 Å². The second-order valence-electron chi connectivity index (χ2n) is 16.4. The zero-order valence-electron chi connectivity index (χ0n) is 42.8. The number of furan rings is 1. The van der Waals surface area contributed by atoms with Crippen LogP contribution in [0.2, 0.25) is 19.6 Å². The summed E-state index contributed by atoms with van der Waals surface area (Å²) < 4.78 is 103. The number of nitrogens with zero attached hydrogens (tertiary/aromatic N) is 3. The van der Waals surface area contributed by atoms with Crippen LogP contribution in [-0.4, -0.2) is 23.0 Å². The van der Waals surface area contributed by atoms with E-state index in [9.17, 15) is 4.39 Å². The molecular formula is C50H52FIrN3OSi-2. The Morgan fingerprint density at radius 1 is 0.912 bits per heavy atom. The van der Waals surface area contributed by atoms with Gasteiger partial charge in [0.1, 0.15) is 0 Å². The van der Waals surface area contributed by atoms with E-state index in [1.165, 1.54) is 18.6 Å². The number of rotatable bonds is 8. The first-order chi connectivity index (χ1) is 30.9. The van der Waals surface area contributed by atoms with Gasteiger partial charge in [0.25, 0.3) is 0 Å². The van der Waals surface area contributed by atoms with Crippen molar-refractivity contribution in [2.45, 2.75) is 85.6 Å². The smallest absolute Gasteiger partial charge is 0.216 e. The maximum atomic E-state index is 14.6. The molecule has 3 aromatic carbocycles. The Morgan fingerprint density at radius 2 is 1.72 bits per heavy atom. The molecule has 0 saturated heterocycles. The van der Waals surface area contributed by atoms with Crippen LogP contribution in [-0.2, 0) is 32.9 Å². The van der Waals surface area contributed by atoms with Crippen LogP contribution >= 0.6 is 0 Å². The fourth-order valence-corrected chi connectivity index (χ4v) is 9.65. The molecule has 57 heavy (non-hydrogen) atoms. The van der Waals surface area contributed by atoms with Crippen LogP contribution in [0.1, 0.15) is 75.5 Å². The van der Waals surface area contributed by atoms with Crippen molar-refractivity contribution in [3.8, 4) is 33.8 Å². The van der Waals surface area contributed by atoms with Gasteiger partial charge in [-0.2, -0.15) is 0 Å². The second-order valence-corrected chi connectivity index (χ2v) is 21.5. The van der Waals surface area contributed by atoms with Crippen LogP contribution < -0.4 is 5.19 Å². The van der Waals surface area contributed by atoms with Gasteiger partial charge in [-0.25, -0.2) is 4.98 Å². The minimum absolute atomic E-state index is 0. The van der Waals surface area contributed by atoms with Gasteiger partial charge in [0, 0.05) is 63.0 Å². The minimum Gasteiger partial charge on any atom is -0.486 e. The third kappa shape index (κ3) is 8.77. The van der Waals surface area contributed by atoms with Crippen molar-refractivity contribution in [1.82, 2.24) is 15.0 Å². The summed E-state index contributed by atoms with van der Waals surface area (Å²) in [6.07, 6.45) is 4.58. The topological polar surface area (TPSA) is 51.8 Å². The van der Waals surface area contributed by atoms with Crippen molar-refractivity contribution >= 4 is 35.3 Å².